The predicted molar refractivity (Wildman–Crippen MR) is 85.2 cm³/mol. The van der Waals surface area contributed by atoms with Crippen LogP contribution >= 0.6 is 22.9 Å². The Morgan fingerprint density at radius 2 is 2.00 bits per heavy atom. The molecule has 1 aromatic carbocycles. The first-order chi connectivity index (χ1) is 10.3. The van der Waals surface area contributed by atoms with Crippen molar-refractivity contribution in [3.63, 3.8) is 0 Å². The maximum absolute atomic E-state index is 6.37. The molecule has 2 aromatic heterocycles. The maximum Gasteiger partial charge on any atom is 0.169 e. The molecule has 3 nitrogen and oxygen atoms in total. The SMILES string of the molecule is Clc1nc(COc2ccccc2)nc2sc3c(c12)CCC3. The van der Waals surface area contributed by atoms with Crippen LogP contribution in [0.2, 0.25) is 5.15 Å². The zero-order valence-corrected chi connectivity index (χ0v) is 12.9. The fraction of sp³-hybridized carbons (Fsp3) is 0.250. The molecule has 0 unspecified atom stereocenters. The van der Waals surface area contributed by atoms with E-state index < -0.39 is 0 Å². The van der Waals surface area contributed by atoms with Gasteiger partial charge >= 0.3 is 0 Å². The van der Waals surface area contributed by atoms with Crippen LogP contribution < -0.4 is 4.74 Å². The van der Waals surface area contributed by atoms with E-state index in [2.05, 4.69) is 9.97 Å². The number of fused-ring (bicyclic) bond motifs is 3. The highest BCUT2D eigenvalue weighted by molar-refractivity contribution is 7.19. The van der Waals surface area contributed by atoms with Crippen molar-refractivity contribution in [3.8, 4) is 5.75 Å². The van der Waals surface area contributed by atoms with Gasteiger partial charge in [-0.15, -0.1) is 11.3 Å². The lowest BCUT2D eigenvalue weighted by atomic mass is 10.2. The maximum atomic E-state index is 6.37. The van der Waals surface area contributed by atoms with Gasteiger partial charge in [0.15, 0.2) is 5.82 Å². The van der Waals surface area contributed by atoms with Gasteiger partial charge in [0.05, 0.1) is 5.39 Å². The molecule has 1 aliphatic carbocycles. The molecule has 0 spiro atoms. The Labute approximate surface area is 131 Å². The number of benzene rings is 1. The van der Waals surface area contributed by atoms with Crippen LogP contribution in [0.4, 0.5) is 0 Å². The van der Waals surface area contributed by atoms with Gasteiger partial charge in [-0.3, -0.25) is 0 Å². The zero-order valence-electron chi connectivity index (χ0n) is 11.3. The Morgan fingerprint density at radius 3 is 2.86 bits per heavy atom. The van der Waals surface area contributed by atoms with E-state index in [-0.39, 0.29) is 0 Å². The van der Waals surface area contributed by atoms with Crippen LogP contribution in [0, 0.1) is 0 Å². The highest BCUT2D eigenvalue weighted by Crippen LogP contribution is 2.39. The summed E-state index contributed by atoms with van der Waals surface area (Å²) in [7, 11) is 0. The van der Waals surface area contributed by atoms with Gasteiger partial charge in [-0.2, -0.15) is 0 Å². The summed E-state index contributed by atoms with van der Waals surface area (Å²) in [6.07, 6.45) is 3.45. The normalized spacial score (nSPS) is 13.6. The van der Waals surface area contributed by atoms with Crippen LogP contribution in [0.3, 0.4) is 0 Å². The molecule has 0 aliphatic heterocycles. The van der Waals surface area contributed by atoms with Crippen LogP contribution in [0.5, 0.6) is 5.75 Å². The highest BCUT2D eigenvalue weighted by atomic mass is 35.5. The van der Waals surface area contributed by atoms with E-state index in [4.69, 9.17) is 16.3 Å². The number of halogens is 1. The molecule has 106 valence electrons. The summed E-state index contributed by atoms with van der Waals surface area (Å²) in [5.41, 5.74) is 1.36. The summed E-state index contributed by atoms with van der Waals surface area (Å²) in [4.78, 5) is 11.4. The van der Waals surface area contributed by atoms with Crippen LogP contribution in [0.25, 0.3) is 10.2 Å². The number of rotatable bonds is 3. The Morgan fingerprint density at radius 1 is 1.14 bits per heavy atom. The first kappa shape index (κ1) is 13.0. The molecule has 0 radical (unpaired) electrons. The fourth-order valence-electron chi connectivity index (χ4n) is 2.72. The van der Waals surface area contributed by atoms with Crippen LogP contribution in [0.15, 0.2) is 30.3 Å². The van der Waals surface area contributed by atoms with Gasteiger partial charge in [0.1, 0.15) is 22.3 Å². The van der Waals surface area contributed by atoms with Crippen molar-refractivity contribution in [2.24, 2.45) is 0 Å². The van der Waals surface area contributed by atoms with Crippen LogP contribution in [-0.2, 0) is 19.4 Å². The van der Waals surface area contributed by atoms with Crippen molar-refractivity contribution in [2.45, 2.75) is 25.9 Å². The quantitative estimate of drug-likeness (QED) is 0.671. The lowest BCUT2D eigenvalue weighted by molar-refractivity contribution is 0.296. The summed E-state index contributed by atoms with van der Waals surface area (Å²) >= 11 is 8.11. The molecule has 4 rings (SSSR count). The molecule has 0 amide bonds. The summed E-state index contributed by atoms with van der Waals surface area (Å²) in [5.74, 6) is 1.45. The minimum atomic E-state index is 0.336. The van der Waals surface area contributed by atoms with Crippen LogP contribution in [-0.4, -0.2) is 9.97 Å². The molecular weight excluding hydrogens is 304 g/mol. The minimum Gasteiger partial charge on any atom is -0.486 e. The van der Waals surface area contributed by atoms with Crippen LogP contribution in [0.1, 0.15) is 22.7 Å². The average molecular weight is 317 g/mol. The molecule has 0 atom stereocenters. The number of hydrogen-bond acceptors (Lipinski definition) is 4. The Kier molecular flexibility index (Phi) is 3.28. The molecule has 0 saturated heterocycles. The van der Waals surface area contributed by atoms with Gasteiger partial charge in [0, 0.05) is 4.88 Å². The number of aromatic nitrogens is 2. The van der Waals surface area contributed by atoms with Crippen molar-refractivity contribution < 1.29 is 4.74 Å². The molecule has 21 heavy (non-hydrogen) atoms. The van der Waals surface area contributed by atoms with Gasteiger partial charge in [-0.1, -0.05) is 29.8 Å². The summed E-state index contributed by atoms with van der Waals surface area (Å²) in [5, 5.41) is 1.61. The minimum absolute atomic E-state index is 0.336. The lowest BCUT2D eigenvalue weighted by Gasteiger charge is -2.06. The van der Waals surface area contributed by atoms with Crippen molar-refractivity contribution >= 4 is 33.2 Å². The third kappa shape index (κ3) is 2.39. The number of ether oxygens (including phenoxy) is 1. The second kappa shape index (κ2) is 5.28. The van der Waals surface area contributed by atoms with E-state index in [0.29, 0.717) is 17.6 Å². The third-order valence-electron chi connectivity index (χ3n) is 3.68. The smallest absolute Gasteiger partial charge is 0.169 e. The molecule has 0 bridgehead atoms. The fourth-order valence-corrected chi connectivity index (χ4v) is 4.36. The van der Waals surface area contributed by atoms with E-state index in [1.807, 2.05) is 30.3 Å². The van der Waals surface area contributed by atoms with E-state index in [9.17, 15) is 0 Å². The number of hydrogen-bond donors (Lipinski definition) is 0. The first-order valence-corrected chi connectivity index (χ1v) is 8.15. The largest absolute Gasteiger partial charge is 0.486 e. The number of aryl methyl sites for hydroxylation is 2. The second-order valence-electron chi connectivity index (χ2n) is 5.07. The number of nitrogens with zero attached hydrogens (tertiary/aromatic N) is 2. The van der Waals surface area contributed by atoms with Crippen molar-refractivity contribution in [2.75, 3.05) is 0 Å². The van der Waals surface area contributed by atoms with Gasteiger partial charge in [0.25, 0.3) is 0 Å². The van der Waals surface area contributed by atoms with E-state index in [1.54, 1.807) is 11.3 Å². The monoisotopic (exact) mass is 316 g/mol. The van der Waals surface area contributed by atoms with Crippen molar-refractivity contribution in [3.05, 3.63) is 51.7 Å². The van der Waals surface area contributed by atoms with E-state index in [0.717, 1.165) is 28.8 Å². The summed E-state index contributed by atoms with van der Waals surface area (Å²) in [6, 6.07) is 9.67. The molecule has 3 aromatic rings. The van der Waals surface area contributed by atoms with Gasteiger partial charge in [0.2, 0.25) is 0 Å². The molecular formula is C16H13ClN2OS. The predicted octanol–water partition coefficient (Wildman–Crippen LogP) is 4.41. The Bertz CT molecular complexity index is 801. The van der Waals surface area contributed by atoms with Crippen molar-refractivity contribution in [1.29, 1.82) is 0 Å². The lowest BCUT2D eigenvalue weighted by Crippen LogP contribution is -2.01. The zero-order chi connectivity index (χ0) is 14.2. The van der Waals surface area contributed by atoms with E-state index in [1.165, 1.54) is 16.9 Å². The molecule has 0 saturated carbocycles. The molecule has 0 fully saturated rings. The number of thiophene rings is 1. The Hall–Kier alpha value is -1.65. The first-order valence-electron chi connectivity index (χ1n) is 6.96. The van der Waals surface area contributed by atoms with Gasteiger partial charge < -0.3 is 4.74 Å². The second-order valence-corrected chi connectivity index (χ2v) is 6.51. The molecule has 1 aliphatic rings. The van der Waals surface area contributed by atoms with E-state index >= 15 is 0 Å². The molecule has 2 heterocycles. The summed E-state index contributed by atoms with van der Waals surface area (Å²) in [6.45, 7) is 0.336. The highest BCUT2D eigenvalue weighted by Gasteiger charge is 2.21. The molecule has 0 N–H and O–H groups in total. The summed E-state index contributed by atoms with van der Waals surface area (Å²) < 4.78 is 5.69. The topological polar surface area (TPSA) is 35.0 Å². The van der Waals surface area contributed by atoms with Crippen molar-refractivity contribution in [1.82, 2.24) is 9.97 Å². The number of para-hydroxylation sites is 1. The Balaban J connectivity index is 1.65. The van der Waals surface area contributed by atoms with Gasteiger partial charge in [-0.25, -0.2) is 9.97 Å². The average Bonchev–Trinajstić information content (AvgIpc) is 3.06. The third-order valence-corrected chi connectivity index (χ3v) is 5.14. The molecule has 5 heteroatoms. The van der Waals surface area contributed by atoms with Gasteiger partial charge in [-0.05, 0) is 37.0 Å². The standard InChI is InChI=1S/C16H13ClN2OS/c17-15-14-11-7-4-8-12(11)21-16(14)19-13(18-15)9-20-10-5-2-1-3-6-10/h1-3,5-6H,4,7-9H2.